The summed E-state index contributed by atoms with van der Waals surface area (Å²) in [6, 6.07) is 4.63. The number of azo groups is 1. The number of hydrogen-bond acceptors (Lipinski definition) is 5. The van der Waals surface area contributed by atoms with Crippen LogP contribution in [0.4, 0.5) is 17.2 Å². The lowest BCUT2D eigenvalue weighted by molar-refractivity contribution is 0.0917. The number of nitrogens with one attached hydrogen (secondary N) is 1. The number of nitrogens with two attached hydrogens (primary N) is 1. The predicted octanol–water partition coefficient (Wildman–Crippen LogP) is 3.14. The molecule has 9 heteroatoms. The molecule has 1 aromatic carbocycles. The van der Waals surface area contributed by atoms with Crippen LogP contribution in [0, 0.1) is 0 Å². The van der Waals surface area contributed by atoms with Gasteiger partial charge in [0.05, 0.1) is 5.02 Å². The Labute approximate surface area is 123 Å². The van der Waals surface area contributed by atoms with Gasteiger partial charge in [0, 0.05) is 11.9 Å². The van der Waals surface area contributed by atoms with Crippen LogP contribution in [0.2, 0.25) is 10.0 Å². The van der Waals surface area contributed by atoms with Crippen LogP contribution in [0.25, 0.3) is 0 Å². The van der Waals surface area contributed by atoms with Gasteiger partial charge in [0.15, 0.2) is 5.69 Å². The largest absolute Gasteiger partial charge is 0.382 e. The number of H-pyrrole nitrogens is 1. The molecule has 0 spiro atoms. The Hall–Kier alpha value is -2.12. The third kappa shape index (κ3) is 2.73. The number of nitrogen functional groups attached to an aromatic ring is 1. The Morgan fingerprint density at radius 3 is 2.65 bits per heavy atom. The summed E-state index contributed by atoms with van der Waals surface area (Å²) < 4.78 is 0.739. The van der Waals surface area contributed by atoms with Crippen LogP contribution in [0.5, 0.6) is 0 Å². The first kappa shape index (κ1) is 14.3. The minimum absolute atomic E-state index is 0.0629. The molecule has 0 unspecified atom stereocenters. The Morgan fingerprint density at radius 1 is 1.35 bits per heavy atom. The molecule has 1 aromatic heterocycles. The van der Waals surface area contributed by atoms with Crippen molar-refractivity contribution in [2.24, 2.45) is 10.2 Å². The van der Waals surface area contributed by atoms with Gasteiger partial charge in [-0.1, -0.05) is 23.2 Å². The molecule has 0 aliphatic carbocycles. The van der Waals surface area contributed by atoms with Crippen molar-refractivity contribution >= 4 is 46.3 Å². The number of nitrogens with zero attached hydrogens (tertiary/aromatic N) is 3. The van der Waals surface area contributed by atoms with Crippen LogP contribution in [-0.2, 0) is 0 Å². The van der Waals surface area contributed by atoms with Crippen molar-refractivity contribution in [3.8, 4) is 0 Å². The SMILES string of the molecule is CC(=O)n1[nH]c(N)c(N=Nc2cc(Cl)ccc2Cl)c1=O. The van der Waals surface area contributed by atoms with E-state index in [1.165, 1.54) is 13.0 Å². The quantitative estimate of drug-likeness (QED) is 0.832. The Balaban J connectivity index is 2.44. The number of aromatic nitrogens is 2. The number of benzene rings is 1. The van der Waals surface area contributed by atoms with E-state index in [-0.39, 0.29) is 17.2 Å². The molecule has 104 valence electrons. The molecular weight excluding hydrogens is 305 g/mol. The highest BCUT2D eigenvalue weighted by molar-refractivity contribution is 6.35. The van der Waals surface area contributed by atoms with Gasteiger partial charge in [-0.05, 0) is 18.2 Å². The summed E-state index contributed by atoms with van der Waals surface area (Å²) in [6.45, 7) is 1.21. The van der Waals surface area contributed by atoms with Crippen LogP contribution in [-0.4, -0.2) is 15.7 Å². The average Bonchev–Trinajstić information content (AvgIpc) is 2.67. The van der Waals surface area contributed by atoms with E-state index in [1.807, 2.05) is 0 Å². The summed E-state index contributed by atoms with van der Waals surface area (Å²) in [5, 5.41) is 10.7. The fourth-order valence-corrected chi connectivity index (χ4v) is 1.75. The second-order valence-electron chi connectivity index (χ2n) is 3.83. The van der Waals surface area contributed by atoms with Crippen LogP contribution in [0.1, 0.15) is 11.7 Å². The van der Waals surface area contributed by atoms with E-state index >= 15 is 0 Å². The van der Waals surface area contributed by atoms with E-state index in [0.717, 1.165) is 4.68 Å². The zero-order chi connectivity index (χ0) is 14.9. The zero-order valence-electron chi connectivity index (χ0n) is 10.2. The number of carbonyl (C=O) groups is 1. The van der Waals surface area contributed by atoms with Crippen molar-refractivity contribution in [1.29, 1.82) is 0 Å². The van der Waals surface area contributed by atoms with E-state index in [9.17, 15) is 9.59 Å². The first-order valence-corrected chi connectivity index (χ1v) is 6.14. The molecule has 0 atom stereocenters. The van der Waals surface area contributed by atoms with Crippen molar-refractivity contribution in [3.63, 3.8) is 0 Å². The maximum Gasteiger partial charge on any atom is 0.303 e. The highest BCUT2D eigenvalue weighted by Gasteiger charge is 2.14. The standard InChI is InChI=1S/C11H9Cl2N5O2/c1-5(19)18-11(20)9(10(14)17-18)16-15-8-4-6(12)2-3-7(8)13/h2-4,17H,14H2,1H3. The summed E-state index contributed by atoms with van der Waals surface area (Å²) in [6.07, 6.45) is 0. The molecule has 0 fully saturated rings. The lowest BCUT2D eigenvalue weighted by atomic mass is 10.3. The Bertz CT molecular complexity index is 763. The monoisotopic (exact) mass is 313 g/mol. The van der Waals surface area contributed by atoms with Crippen molar-refractivity contribution < 1.29 is 4.79 Å². The molecule has 3 N–H and O–H groups in total. The molecule has 0 radical (unpaired) electrons. The minimum Gasteiger partial charge on any atom is -0.382 e. The number of hydrogen-bond donors (Lipinski definition) is 2. The average molecular weight is 314 g/mol. The van der Waals surface area contributed by atoms with Crippen LogP contribution in [0.3, 0.4) is 0 Å². The summed E-state index contributed by atoms with van der Waals surface area (Å²) in [5.41, 5.74) is 5.00. The van der Waals surface area contributed by atoms with E-state index < -0.39 is 11.5 Å². The molecule has 7 nitrogen and oxygen atoms in total. The van der Waals surface area contributed by atoms with Crippen LogP contribution >= 0.6 is 23.2 Å². The first-order valence-electron chi connectivity index (χ1n) is 5.38. The summed E-state index contributed by atoms with van der Waals surface area (Å²) >= 11 is 11.7. The summed E-state index contributed by atoms with van der Waals surface area (Å²) in [5.74, 6) is -0.573. The predicted molar refractivity (Wildman–Crippen MR) is 76.4 cm³/mol. The lowest BCUT2D eigenvalue weighted by Crippen LogP contribution is -2.21. The van der Waals surface area contributed by atoms with E-state index in [1.54, 1.807) is 12.1 Å². The fraction of sp³-hybridized carbons (Fsp3) is 0.0909. The first-order chi connectivity index (χ1) is 9.40. The van der Waals surface area contributed by atoms with Gasteiger partial charge in [-0.15, -0.1) is 10.2 Å². The van der Waals surface area contributed by atoms with Crippen molar-refractivity contribution in [2.45, 2.75) is 6.92 Å². The second-order valence-corrected chi connectivity index (χ2v) is 4.67. The Kier molecular flexibility index (Phi) is 3.91. The van der Waals surface area contributed by atoms with Gasteiger partial charge in [0.2, 0.25) is 5.91 Å². The maximum atomic E-state index is 11.8. The maximum absolute atomic E-state index is 11.8. The van der Waals surface area contributed by atoms with Crippen LogP contribution in [0.15, 0.2) is 33.2 Å². The van der Waals surface area contributed by atoms with Gasteiger partial charge in [-0.3, -0.25) is 14.7 Å². The normalized spacial score (nSPS) is 11.2. The molecule has 0 saturated carbocycles. The molecule has 0 aliphatic heterocycles. The van der Waals surface area contributed by atoms with E-state index in [4.69, 9.17) is 28.9 Å². The fourth-order valence-electron chi connectivity index (χ4n) is 1.43. The van der Waals surface area contributed by atoms with Gasteiger partial charge in [-0.25, -0.2) is 0 Å². The van der Waals surface area contributed by atoms with E-state index in [0.29, 0.717) is 10.0 Å². The lowest BCUT2D eigenvalue weighted by Gasteiger charge is -1.96. The number of rotatable bonds is 2. The third-order valence-corrected chi connectivity index (χ3v) is 2.93. The minimum atomic E-state index is -0.683. The van der Waals surface area contributed by atoms with E-state index in [2.05, 4.69) is 15.3 Å². The van der Waals surface area contributed by atoms with Crippen molar-refractivity contribution in [2.75, 3.05) is 5.73 Å². The van der Waals surface area contributed by atoms with Gasteiger partial charge < -0.3 is 5.73 Å². The van der Waals surface area contributed by atoms with Gasteiger partial charge in [-0.2, -0.15) is 4.68 Å². The molecule has 0 saturated heterocycles. The molecule has 0 bridgehead atoms. The van der Waals surface area contributed by atoms with Gasteiger partial charge >= 0.3 is 5.56 Å². The zero-order valence-corrected chi connectivity index (χ0v) is 11.7. The van der Waals surface area contributed by atoms with Gasteiger partial charge in [0.1, 0.15) is 11.5 Å². The molecule has 20 heavy (non-hydrogen) atoms. The molecule has 2 aromatic rings. The molecular formula is C11H9Cl2N5O2. The third-order valence-electron chi connectivity index (χ3n) is 2.37. The van der Waals surface area contributed by atoms with Crippen molar-refractivity contribution in [3.05, 3.63) is 38.6 Å². The molecule has 2 rings (SSSR count). The number of aromatic amines is 1. The van der Waals surface area contributed by atoms with Crippen LogP contribution < -0.4 is 11.3 Å². The Morgan fingerprint density at radius 2 is 2.05 bits per heavy atom. The highest BCUT2D eigenvalue weighted by atomic mass is 35.5. The van der Waals surface area contributed by atoms with Crippen molar-refractivity contribution in [1.82, 2.24) is 9.78 Å². The summed E-state index contributed by atoms with van der Waals surface area (Å²) in [4.78, 5) is 23.0. The number of halogens is 2. The molecule has 0 aliphatic rings. The highest BCUT2D eigenvalue weighted by Crippen LogP contribution is 2.29. The second kappa shape index (κ2) is 5.48. The number of carbonyl (C=O) groups excluding carboxylic acids is 1. The molecule has 1 heterocycles. The molecule has 0 amide bonds. The topological polar surface area (TPSA) is 106 Å². The summed E-state index contributed by atoms with van der Waals surface area (Å²) in [7, 11) is 0. The van der Waals surface area contributed by atoms with Gasteiger partial charge in [0.25, 0.3) is 0 Å². The number of anilines is 1. The smallest absolute Gasteiger partial charge is 0.303 e.